The molecule has 178 valence electrons. The van der Waals surface area contributed by atoms with Gasteiger partial charge in [-0.25, -0.2) is 4.79 Å². The van der Waals surface area contributed by atoms with E-state index in [4.69, 9.17) is 14.6 Å². The van der Waals surface area contributed by atoms with Crippen LogP contribution >= 0.6 is 0 Å². The molecule has 2 heterocycles. The third-order valence-corrected chi connectivity index (χ3v) is 5.14. The van der Waals surface area contributed by atoms with Crippen LogP contribution in [0.3, 0.4) is 0 Å². The van der Waals surface area contributed by atoms with Gasteiger partial charge >= 0.3 is 12.1 Å². The van der Waals surface area contributed by atoms with Crippen molar-refractivity contribution >= 4 is 17.8 Å². The van der Waals surface area contributed by atoms with Crippen LogP contribution in [0.5, 0.6) is 0 Å². The van der Waals surface area contributed by atoms with Gasteiger partial charge in [0.2, 0.25) is 11.8 Å². The van der Waals surface area contributed by atoms with Crippen LogP contribution in [0.15, 0.2) is 12.2 Å². The van der Waals surface area contributed by atoms with Gasteiger partial charge in [-0.3, -0.25) is 9.59 Å². The van der Waals surface area contributed by atoms with E-state index in [-0.39, 0.29) is 34.6 Å². The van der Waals surface area contributed by atoms with Crippen molar-refractivity contribution in [2.75, 3.05) is 32.8 Å². The summed E-state index contributed by atoms with van der Waals surface area (Å²) in [5.41, 5.74) is -0.548. The van der Waals surface area contributed by atoms with Gasteiger partial charge in [0.25, 0.3) is 0 Å². The molecule has 31 heavy (non-hydrogen) atoms. The maximum atomic E-state index is 12.6. The summed E-state index contributed by atoms with van der Waals surface area (Å²) in [6.07, 6.45) is -0.417. The first kappa shape index (κ1) is 26.9. The predicted molar refractivity (Wildman–Crippen MR) is 107 cm³/mol. The largest absolute Gasteiger partial charge is 0.490 e. The van der Waals surface area contributed by atoms with Crippen LogP contribution in [0.4, 0.5) is 13.2 Å². The first-order valence-electron chi connectivity index (χ1n) is 10.0. The zero-order valence-electron chi connectivity index (χ0n) is 18.3. The summed E-state index contributed by atoms with van der Waals surface area (Å²) in [6, 6.07) is -0.116. The molecule has 1 saturated heterocycles. The molecule has 0 aromatic rings. The zero-order valence-corrected chi connectivity index (χ0v) is 18.3. The smallest absolute Gasteiger partial charge is 0.475 e. The molecule has 2 aliphatic heterocycles. The molecule has 11 heteroatoms. The molecule has 1 unspecified atom stereocenters. The Balaban J connectivity index is 0.000000592. The number of carboxylic acid groups (broad SMARTS) is 1. The monoisotopic (exact) mass is 451 g/mol. The first-order chi connectivity index (χ1) is 14.2. The normalized spacial score (nSPS) is 26.3. The molecule has 0 radical (unpaired) electrons. The average molecular weight is 451 g/mol. The maximum Gasteiger partial charge on any atom is 0.490 e. The summed E-state index contributed by atoms with van der Waals surface area (Å²) < 4.78 is 37.4. The van der Waals surface area contributed by atoms with E-state index in [9.17, 15) is 22.8 Å². The molecule has 0 bridgehead atoms. The minimum absolute atomic E-state index is 0.0229. The van der Waals surface area contributed by atoms with Crippen molar-refractivity contribution in [1.29, 1.82) is 0 Å². The predicted octanol–water partition coefficient (Wildman–Crippen LogP) is 1.47. The van der Waals surface area contributed by atoms with E-state index in [0.29, 0.717) is 39.3 Å². The molecule has 0 aromatic carbocycles. The third kappa shape index (κ3) is 8.48. The van der Waals surface area contributed by atoms with Gasteiger partial charge in [0.15, 0.2) is 0 Å². The lowest BCUT2D eigenvalue weighted by Crippen LogP contribution is -2.62. The van der Waals surface area contributed by atoms with Crippen molar-refractivity contribution < 1.29 is 37.4 Å². The Hall–Kier alpha value is -2.14. The van der Waals surface area contributed by atoms with Gasteiger partial charge in [0.1, 0.15) is 0 Å². The van der Waals surface area contributed by atoms with Gasteiger partial charge in [0.05, 0.1) is 24.5 Å². The molecule has 4 N–H and O–H groups in total. The molecule has 0 saturated carbocycles. The minimum Gasteiger partial charge on any atom is -0.475 e. The lowest BCUT2D eigenvalue weighted by molar-refractivity contribution is -0.192. The maximum absolute atomic E-state index is 12.6. The highest BCUT2D eigenvalue weighted by Gasteiger charge is 2.43. The highest BCUT2D eigenvalue weighted by molar-refractivity contribution is 5.84. The number of hydrogen-bond acceptors (Lipinski definition) is 5. The SMILES string of the molecule is C[C@@H]1CNC(=O)C2(C/C=C\COCC(C(C)(C)C)C(=O)N1)CNC2.O=C(O)C(F)(F)F. The number of alkyl halides is 3. The molecule has 0 aliphatic carbocycles. The lowest BCUT2D eigenvalue weighted by Gasteiger charge is -2.40. The van der Waals surface area contributed by atoms with Crippen molar-refractivity contribution in [3.05, 3.63) is 12.2 Å². The molecular formula is C20H32F3N3O5. The number of carbonyl (C=O) groups excluding carboxylic acids is 2. The summed E-state index contributed by atoms with van der Waals surface area (Å²) in [4.78, 5) is 34.0. The number of hydrogen-bond donors (Lipinski definition) is 4. The summed E-state index contributed by atoms with van der Waals surface area (Å²) in [5, 5.41) is 16.3. The molecule has 0 aromatic heterocycles. The summed E-state index contributed by atoms with van der Waals surface area (Å²) >= 11 is 0. The van der Waals surface area contributed by atoms with Crippen LogP contribution in [0.1, 0.15) is 34.1 Å². The van der Waals surface area contributed by atoms with Gasteiger partial charge in [-0.05, 0) is 18.8 Å². The summed E-state index contributed by atoms with van der Waals surface area (Å²) in [5.74, 6) is -2.95. The van der Waals surface area contributed by atoms with E-state index < -0.39 is 12.1 Å². The third-order valence-electron chi connectivity index (χ3n) is 5.14. The Morgan fingerprint density at radius 1 is 1.19 bits per heavy atom. The second-order valence-corrected chi connectivity index (χ2v) is 8.94. The molecule has 8 nitrogen and oxygen atoms in total. The number of carbonyl (C=O) groups is 3. The number of carboxylic acids is 1. The number of rotatable bonds is 0. The minimum atomic E-state index is -5.08. The van der Waals surface area contributed by atoms with Gasteiger partial charge in [-0.1, -0.05) is 32.9 Å². The fraction of sp³-hybridized carbons (Fsp3) is 0.750. The molecule has 2 amide bonds. The molecule has 1 fully saturated rings. The number of allylic oxidation sites excluding steroid dienone is 1. The van der Waals surface area contributed by atoms with Crippen LogP contribution in [0.2, 0.25) is 0 Å². The lowest BCUT2D eigenvalue weighted by atomic mass is 9.77. The number of amides is 2. The highest BCUT2D eigenvalue weighted by Crippen LogP contribution is 2.29. The Morgan fingerprint density at radius 3 is 2.23 bits per heavy atom. The van der Waals surface area contributed by atoms with Crippen LogP contribution in [-0.2, 0) is 19.1 Å². The number of nitrogens with one attached hydrogen (secondary N) is 3. The van der Waals surface area contributed by atoms with Crippen molar-refractivity contribution in [3.63, 3.8) is 0 Å². The Bertz CT molecular complexity index is 670. The zero-order chi connectivity index (χ0) is 23.9. The summed E-state index contributed by atoms with van der Waals surface area (Å²) in [7, 11) is 0. The number of halogens is 3. The van der Waals surface area contributed by atoms with Gasteiger partial charge in [-0.15, -0.1) is 0 Å². The number of aliphatic carboxylic acids is 1. The highest BCUT2D eigenvalue weighted by atomic mass is 19.4. The van der Waals surface area contributed by atoms with E-state index in [1.54, 1.807) is 0 Å². The second-order valence-electron chi connectivity index (χ2n) is 8.94. The van der Waals surface area contributed by atoms with Crippen LogP contribution < -0.4 is 16.0 Å². The van der Waals surface area contributed by atoms with Crippen LogP contribution in [0, 0.1) is 16.7 Å². The average Bonchev–Trinajstić information content (AvgIpc) is 2.58. The van der Waals surface area contributed by atoms with Gasteiger partial charge < -0.3 is 25.8 Å². The Morgan fingerprint density at radius 2 is 1.77 bits per heavy atom. The molecule has 2 atom stereocenters. The van der Waals surface area contributed by atoms with E-state index in [2.05, 4.69) is 16.0 Å². The Kier molecular flexibility index (Phi) is 9.49. The first-order valence-corrected chi connectivity index (χ1v) is 10.0. The van der Waals surface area contributed by atoms with Crippen molar-refractivity contribution in [2.45, 2.75) is 46.3 Å². The standard InChI is InChI=1S/C18H31N3O3.C2HF3O2/c1-13-9-20-16(23)18(11-19-12-18)7-5-6-8-24-10-14(15(22)21-13)17(2,3)4;3-2(4,5)1(6)7/h5-6,13-14,19H,7-12H2,1-4H3,(H,20,23)(H,21,22);(H,6,7)/b6-5-;/t13-,14?;/m1./s1. The van der Waals surface area contributed by atoms with E-state index in [0.717, 1.165) is 0 Å². The second kappa shape index (κ2) is 10.9. The molecular weight excluding hydrogens is 419 g/mol. The topological polar surface area (TPSA) is 117 Å². The number of ether oxygens (including phenoxy) is 1. The quantitative estimate of drug-likeness (QED) is 0.415. The van der Waals surface area contributed by atoms with Crippen molar-refractivity contribution in [2.24, 2.45) is 16.7 Å². The van der Waals surface area contributed by atoms with Gasteiger partial charge in [0, 0.05) is 25.7 Å². The molecule has 1 spiro atoms. The van der Waals surface area contributed by atoms with Crippen molar-refractivity contribution in [3.8, 4) is 0 Å². The fourth-order valence-electron chi connectivity index (χ4n) is 3.00. The molecule has 2 aliphatic rings. The van der Waals surface area contributed by atoms with E-state index in [1.165, 1.54) is 0 Å². The van der Waals surface area contributed by atoms with E-state index >= 15 is 0 Å². The van der Waals surface area contributed by atoms with Crippen molar-refractivity contribution in [1.82, 2.24) is 16.0 Å². The van der Waals surface area contributed by atoms with Crippen LogP contribution in [0.25, 0.3) is 0 Å². The van der Waals surface area contributed by atoms with E-state index in [1.807, 2.05) is 39.8 Å². The fourth-order valence-corrected chi connectivity index (χ4v) is 3.00. The van der Waals surface area contributed by atoms with Crippen LogP contribution in [-0.4, -0.2) is 68.0 Å². The Labute approximate surface area is 180 Å². The molecule has 2 rings (SSSR count). The van der Waals surface area contributed by atoms with Gasteiger partial charge in [-0.2, -0.15) is 13.2 Å². The summed E-state index contributed by atoms with van der Waals surface area (Å²) in [6.45, 7) is 10.7.